The van der Waals surface area contributed by atoms with Crippen LogP contribution in [-0.4, -0.2) is 128 Å². The molecule has 5 heterocycles. The number of hydrogen-bond acceptors (Lipinski definition) is 20. The first kappa shape index (κ1) is 85.9. The summed E-state index contributed by atoms with van der Waals surface area (Å²) in [4.78, 5) is 116. The molecule has 24 nitrogen and oxygen atoms in total. The fourth-order valence-corrected chi connectivity index (χ4v) is 19.8. The van der Waals surface area contributed by atoms with Crippen LogP contribution in [0.15, 0.2) is 138 Å². The number of carbonyl (C=O) groups is 8. The summed E-state index contributed by atoms with van der Waals surface area (Å²) in [7, 11) is 0. The van der Waals surface area contributed by atoms with Crippen LogP contribution >= 0.6 is 58.0 Å². The topological polar surface area (TPSA) is 314 Å². The zero-order chi connectivity index (χ0) is 85.7. The second-order valence-electron chi connectivity index (χ2n) is 34.5. The SMILES string of the molecule is CC(F)Oc1ccnc(C(=O)CC23CC(NC(=O)COc4ccc(Cl)c(Cl)c4)(C2)C3)c1.CC1(F)Oc2ccc(OCC(=O)CC34CC(NC(=O)c5cnc(C6CC6)o5)(C3)C4)cc2O1.CCc1ccc(C(=O)CC23CC(NC(=O)COc4ccc(Cl)c(Cl)c4)(C2)C3)cn1.CCc1ccc(C(=O)CC23CC(NC(=O)COc4ccc(Cl)c(F)c4)(C2)C3)cn1. The Morgan fingerprint density at radius 2 is 0.901 bits per heavy atom. The summed E-state index contributed by atoms with van der Waals surface area (Å²) in [6, 6.07) is 26.7. The summed E-state index contributed by atoms with van der Waals surface area (Å²) in [6.07, 6.45) is 19.8. The highest BCUT2D eigenvalue weighted by Crippen LogP contribution is 2.72. The molecule has 4 aromatic carbocycles. The van der Waals surface area contributed by atoms with Crippen molar-refractivity contribution in [3.8, 4) is 40.2 Å². The molecule has 2 unspecified atom stereocenters. The Hall–Kier alpha value is -10.1. The quantitative estimate of drug-likeness (QED) is 0.0278. The molecule has 2 atom stereocenters. The van der Waals surface area contributed by atoms with Gasteiger partial charge in [0.15, 0.2) is 60.3 Å². The molecule has 121 heavy (non-hydrogen) atoms. The number of carbonyl (C=O) groups excluding carboxylic acids is 8. The van der Waals surface area contributed by atoms with Crippen LogP contribution in [0.5, 0.6) is 40.2 Å². The number of hydrogen-bond donors (Lipinski definition) is 4. The molecule has 0 saturated heterocycles. The summed E-state index contributed by atoms with van der Waals surface area (Å²) in [5.41, 5.74) is 2.48. The van der Waals surface area contributed by atoms with Gasteiger partial charge in [-0.15, -0.1) is 0 Å². The normalized spacial score (nSPS) is 26.2. The minimum absolute atomic E-state index is 0.00600. The molecule has 13 saturated carbocycles. The van der Waals surface area contributed by atoms with Gasteiger partial charge in [0.1, 0.15) is 46.9 Å². The second-order valence-corrected chi connectivity index (χ2v) is 36.6. The molecule has 32 heteroatoms. The van der Waals surface area contributed by atoms with Gasteiger partial charge >= 0.3 is 6.04 Å². The van der Waals surface area contributed by atoms with E-state index < -0.39 is 18.2 Å². The lowest BCUT2D eigenvalue weighted by molar-refractivity contribution is -0.173. The van der Waals surface area contributed by atoms with E-state index in [9.17, 15) is 51.5 Å². The number of pyridine rings is 3. The molecular weight excluding hydrogens is 1670 g/mol. The molecule has 0 radical (unpaired) electrons. The van der Waals surface area contributed by atoms with Crippen molar-refractivity contribution >= 4 is 105 Å². The number of fused-ring (bicyclic) bond motifs is 1. The third kappa shape index (κ3) is 19.9. The highest BCUT2D eigenvalue weighted by molar-refractivity contribution is 6.42. The Bertz CT molecular complexity index is 5140. The number of aryl methyl sites for hydroxylation is 2. The molecule has 8 aromatic rings. The molecule has 636 valence electrons. The fourth-order valence-electron chi connectivity index (χ4n) is 19.2. The summed E-state index contributed by atoms with van der Waals surface area (Å²) in [5, 5.41) is 13.7. The monoisotopic (exact) mass is 1760 g/mol. The van der Waals surface area contributed by atoms with E-state index in [-0.39, 0.29) is 151 Å². The van der Waals surface area contributed by atoms with Gasteiger partial charge in [-0.3, -0.25) is 53.3 Å². The Kier molecular flexibility index (Phi) is 24.1. The summed E-state index contributed by atoms with van der Waals surface area (Å²) in [6.45, 7) is 6.03. The van der Waals surface area contributed by atoms with Gasteiger partial charge in [0.05, 0.1) is 31.3 Å². The number of halogens is 8. The number of Topliss-reactive ketones (excluding diaryl/α,β-unsaturated/α-hetero) is 4. The van der Waals surface area contributed by atoms with E-state index in [1.807, 2.05) is 38.1 Å². The summed E-state index contributed by atoms with van der Waals surface area (Å²) < 4.78 is 82.6. The van der Waals surface area contributed by atoms with Gasteiger partial charge in [0.2, 0.25) is 12.1 Å². The van der Waals surface area contributed by atoms with E-state index in [1.54, 1.807) is 60.9 Å². The predicted octanol–water partition coefficient (Wildman–Crippen LogP) is 17.2. The lowest BCUT2D eigenvalue weighted by Gasteiger charge is -2.70. The smallest absolute Gasteiger partial charge is 0.404 e. The first-order chi connectivity index (χ1) is 57.5. The molecule has 22 rings (SSSR count). The Labute approximate surface area is 720 Å². The molecule has 8 bridgehead atoms. The van der Waals surface area contributed by atoms with Crippen LogP contribution in [0.2, 0.25) is 25.1 Å². The second kappa shape index (κ2) is 34.0. The van der Waals surface area contributed by atoms with E-state index in [0.717, 1.165) is 120 Å². The minimum Gasteiger partial charge on any atom is -0.486 e. The number of ether oxygens (including phenoxy) is 7. The molecule has 4 aromatic heterocycles. The fraction of sp³-hybridized carbons (Fsp3) is 0.438. The van der Waals surface area contributed by atoms with E-state index >= 15 is 0 Å². The Balaban J connectivity index is 0.000000126. The lowest BCUT2D eigenvalue weighted by atomic mass is 9.38. The number of oxazole rings is 1. The highest BCUT2D eigenvalue weighted by atomic mass is 35.5. The molecule has 4 N–H and O–H groups in total. The third-order valence-corrected chi connectivity index (χ3v) is 25.8. The standard InChI is InChI=1S/C23H23FN2O6.C22H21Cl2FN2O4.C22H22Cl2N2O3.C22H22ClFN2O3/c1-21(24)31-16-5-4-15(6-17(16)32-21)29-9-14(27)7-22-10-23(11-22,12-22)26-19(28)18-8-25-20(30-18)13-2-3-13;1-13(25)31-15-4-5-26-18(7-15)19(28)8-21-10-22(11-21,12-21)27-20(29)9-30-14-2-3-16(23)17(24)6-14;2*1-2-15-4-3-14(9-25-15)19(27)8-21-11-22(12-21,13-21)26-20(28)10-29-16-5-6-17(23)18(24)7-16/h4-6,8,13H,2-3,7,9-12H2,1H3,(H,26,28);2-7,13H,8-12H2,1H3,(H,27,29);2*3-7,9H,2,8,10-13H2,1H3,(H,26,28). The average Bonchev–Trinajstić information content (AvgIpc) is 0.856. The van der Waals surface area contributed by atoms with Gasteiger partial charge in [-0.05, 0) is 203 Å². The number of nitrogens with one attached hydrogen (secondary N) is 4. The van der Waals surface area contributed by atoms with Crippen molar-refractivity contribution in [2.45, 2.75) is 197 Å². The molecule has 13 fully saturated rings. The maximum absolute atomic E-state index is 13.8. The first-order valence-electron chi connectivity index (χ1n) is 40.1. The largest absolute Gasteiger partial charge is 0.486 e. The third-order valence-electron chi connectivity index (χ3n) is 24.0. The maximum Gasteiger partial charge on any atom is 0.404 e. The van der Waals surface area contributed by atoms with Crippen molar-refractivity contribution in [2.24, 2.45) is 21.7 Å². The van der Waals surface area contributed by atoms with Gasteiger partial charge in [0.25, 0.3) is 23.6 Å². The van der Waals surface area contributed by atoms with Crippen LogP contribution in [0, 0.1) is 27.5 Å². The lowest BCUT2D eigenvalue weighted by Crippen LogP contribution is -2.75. The molecule has 0 spiro atoms. The number of amides is 4. The molecular formula is C89H88Cl5F3N8O16. The number of alkyl halides is 2. The molecule has 4 amide bonds. The van der Waals surface area contributed by atoms with E-state index in [2.05, 4.69) is 41.2 Å². The van der Waals surface area contributed by atoms with Crippen molar-refractivity contribution in [1.82, 2.24) is 41.2 Å². The van der Waals surface area contributed by atoms with Crippen LogP contribution < -0.4 is 54.4 Å². The van der Waals surface area contributed by atoms with E-state index in [1.165, 1.54) is 56.6 Å². The number of nitrogens with zero attached hydrogens (tertiary/aromatic N) is 4. The van der Waals surface area contributed by atoms with Crippen molar-refractivity contribution in [3.63, 3.8) is 0 Å². The maximum atomic E-state index is 13.8. The average molecular weight is 1760 g/mol. The number of rotatable bonds is 33. The summed E-state index contributed by atoms with van der Waals surface area (Å²) >= 11 is 29.2. The Morgan fingerprint density at radius 3 is 1.35 bits per heavy atom. The van der Waals surface area contributed by atoms with Crippen molar-refractivity contribution in [3.05, 3.63) is 205 Å². The first-order valence-corrected chi connectivity index (χ1v) is 42.0. The van der Waals surface area contributed by atoms with Gasteiger partial charge < -0.3 is 58.8 Å². The molecule has 14 aliphatic rings. The van der Waals surface area contributed by atoms with Gasteiger partial charge in [-0.25, -0.2) is 13.8 Å². The van der Waals surface area contributed by atoms with Crippen LogP contribution in [0.1, 0.15) is 208 Å². The van der Waals surface area contributed by atoms with Crippen LogP contribution in [-0.2, 0) is 32.0 Å². The zero-order valence-electron chi connectivity index (χ0n) is 66.7. The minimum atomic E-state index is -2.20. The summed E-state index contributed by atoms with van der Waals surface area (Å²) in [5.74, 6) is 2.35. The van der Waals surface area contributed by atoms with Gasteiger partial charge in [-0.1, -0.05) is 71.9 Å². The van der Waals surface area contributed by atoms with E-state index in [0.29, 0.717) is 91.7 Å². The van der Waals surface area contributed by atoms with Crippen molar-refractivity contribution in [2.75, 3.05) is 26.4 Å². The van der Waals surface area contributed by atoms with Crippen molar-refractivity contribution in [1.29, 1.82) is 0 Å². The number of aromatic nitrogens is 4. The highest BCUT2D eigenvalue weighted by Gasteiger charge is 2.71. The van der Waals surface area contributed by atoms with E-state index in [4.69, 9.17) is 95.6 Å². The molecule has 1 aliphatic heterocycles. The predicted molar refractivity (Wildman–Crippen MR) is 439 cm³/mol. The number of benzene rings is 4. The van der Waals surface area contributed by atoms with Gasteiger partial charge in [-0.2, -0.15) is 4.39 Å². The van der Waals surface area contributed by atoms with Crippen LogP contribution in [0.3, 0.4) is 0 Å². The molecule has 13 aliphatic carbocycles. The van der Waals surface area contributed by atoms with Crippen molar-refractivity contribution < 1.29 is 89.1 Å². The Morgan fingerprint density at radius 1 is 0.471 bits per heavy atom. The number of ketones is 4. The van der Waals surface area contributed by atoms with Crippen LogP contribution in [0.4, 0.5) is 13.2 Å². The van der Waals surface area contributed by atoms with Crippen LogP contribution in [0.25, 0.3) is 0 Å². The van der Waals surface area contributed by atoms with Gasteiger partial charge in [0, 0.05) is 139 Å². The zero-order valence-corrected chi connectivity index (χ0v) is 70.5.